The van der Waals surface area contributed by atoms with Crippen LogP contribution in [0.5, 0.6) is 0 Å². The number of hydrogen-bond donors (Lipinski definition) is 1. The summed E-state index contributed by atoms with van der Waals surface area (Å²) < 4.78 is 0. The van der Waals surface area contributed by atoms with E-state index in [2.05, 4.69) is 13.5 Å². The quantitative estimate of drug-likeness (QED) is 0.474. The van der Waals surface area contributed by atoms with Gasteiger partial charge < -0.3 is 5.73 Å². The zero-order valence-electron chi connectivity index (χ0n) is 8.84. The Morgan fingerprint density at radius 1 is 1.46 bits per heavy atom. The normalized spacial score (nSPS) is 28.5. The van der Waals surface area contributed by atoms with E-state index in [9.17, 15) is 0 Å². The third-order valence-corrected chi connectivity index (χ3v) is 3.17. The molecule has 0 spiro atoms. The average molecular weight is 181 g/mol. The Kier molecular flexibility index (Phi) is 4.51. The Hall–Kier alpha value is -0.300. The fourth-order valence-electron chi connectivity index (χ4n) is 2.01. The summed E-state index contributed by atoms with van der Waals surface area (Å²) in [6.07, 6.45) is 9.67. The van der Waals surface area contributed by atoms with Crippen molar-refractivity contribution in [1.29, 1.82) is 0 Å². The topological polar surface area (TPSA) is 26.0 Å². The summed E-state index contributed by atoms with van der Waals surface area (Å²) in [5, 5.41) is 0. The maximum atomic E-state index is 6.06. The first-order valence-electron chi connectivity index (χ1n) is 5.62. The SMILES string of the molecule is C=CCCCCCC(N)C1CC1C. The summed E-state index contributed by atoms with van der Waals surface area (Å²) in [5.74, 6) is 1.75. The van der Waals surface area contributed by atoms with E-state index in [4.69, 9.17) is 5.73 Å². The van der Waals surface area contributed by atoms with Gasteiger partial charge in [-0.15, -0.1) is 6.58 Å². The van der Waals surface area contributed by atoms with E-state index in [1.165, 1.54) is 32.1 Å². The van der Waals surface area contributed by atoms with Crippen molar-refractivity contribution in [2.24, 2.45) is 17.6 Å². The Bertz CT molecular complexity index is 153. The van der Waals surface area contributed by atoms with Crippen molar-refractivity contribution >= 4 is 0 Å². The molecule has 1 aliphatic carbocycles. The van der Waals surface area contributed by atoms with E-state index in [0.717, 1.165) is 18.3 Å². The van der Waals surface area contributed by atoms with Crippen LogP contribution in [0.2, 0.25) is 0 Å². The van der Waals surface area contributed by atoms with Gasteiger partial charge in [0.25, 0.3) is 0 Å². The highest BCUT2D eigenvalue weighted by molar-refractivity contribution is 4.90. The highest BCUT2D eigenvalue weighted by Crippen LogP contribution is 2.41. The van der Waals surface area contributed by atoms with Crippen LogP contribution >= 0.6 is 0 Å². The Balaban J connectivity index is 1.90. The Morgan fingerprint density at radius 2 is 2.15 bits per heavy atom. The molecular formula is C12H23N. The van der Waals surface area contributed by atoms with Gasteiger partial charge in [0.1, 0.15) is 0 Å². The molecule has 76 valence electrons. The lowest BCUT2D eigenvalue weighted by Gasteiger charge is -2.09. The predicted molar refractivity (Wildman–Crippen MR) is 58.5 cm³/mol. The Labute approximate surface area is 82.4 Å². The smallest absolute Gasteiger partial charge is 0.00698 e. The molecule has 0 radical (unpaired) electrons. The van der Waals surface area contributed by atoms with Gasteiger partial charge in [0.15, 0.2) is 0 Å². The van der Waals surface area contributed by atoms with Gasteiger partial charge in [0.05, 0.1) is 0 Å². The third kappa shape index (κ3) is 3.95. The van der Waals surface area contributed by atoms with Crippen LogP contribution in [-0.2, 0) is 0 Å². The molecule has 0 amide bonds. The molecule has 0 heterocycles. The van der Waals surface area contributed by atoms with Crippen molar-refractivity contribution in [3.05, 3.63) is 12.7 Å². The molecule has 0 aliphatic heterocycles. The molecule has 0 aromatic carbocycles. The summed E-state index contributed by atoms with van der Waals surface area (Å²) in [7, 11) is 0. The molecule has 1 heteroatoms. The van der Waals surface area contributed by atoms with Gasteiger partial charge in [-0.2, -0.15) is 0 Å². The van der Waals surface area contributed by atoms with E-state index in [1.54, 1.807) is 0 Å². The highest BCUT2D eigenvalue weighted by atomic mass is 14.7. The maximum absolute atomic E-state index is 6.06. The molecule has 1 aliphatic rings. The molecule has 3 unspecified atom stereocenters. The third-order valence-electron chi connectivity index (χ3n) is 3.17. The van der Waals surface area contributed by atoms with Gasteiger partial charge in [-0.1, -0.05) is 25.8 Å². The average Bonchev–Trinajstić information content (AvgIpc) is 2.82. The molecule has 13 heavy (non-hydrogen) atoms. The van der Waals surface area contributed by atoms with Crippen molar-refractivity contribution in [2.45, 2.75) is 51.5 Å². The maximum Gasteiger partial charge on any atom is 0.00698 e. The zero-order chi connectivity index (χ0) is 9.68. The molecular weight excluding hydrogens is 158 g/mol. The van der Waals surface area contributed by atoms with E-state index in [-0.39, 0.29) is 0 Å². The molecule has 0 aromatic heterocycles. The second-order valence-electron chi connectivity index (χ2n) is 4.47. The Morgan fingerprint density at radius 3 is 2.69 bits per heavy atom. The first-order chi connectivity index (χ1) is 6.25. The first-order valence-corrected chi connectivity index (χ1v) is 5.62. The van der Waals surface area contributed by atoms with Crippen LogP contribution in [0.4, 0.5) is 0 Å². The summed E-state index contributed by atoms with van der Waals surface area (Å²) in [5.41, 5.74) is 6.06. The number of unbranched alkanes of at least 4 members (excludes halogenated alkanes) is 3. The minimum atomic E-state index is 0.485. The molecule has 1 fully saturated rings. The van der Waals surface area contributed by atoms with Crippen molar-refractivity contribution in [3.8, 4) is 0 Å². The molecule has 3 atom stereocenters. The highest BCUT2D eigenvalue weighted by Gasteiger charge is 2.36. The van der Waals surface area contributed by atoms with Crippen molar-refractivity contribution in [2.75, 3.05) is 0 Å². The lowest BCUT2D eigenvalue weighted by molar-refractivity contribution is 0.492. The predicted octanol–water partition coefficient (Wildman–Crippen LogP) is 3.11. The largest absolute Gasteiger partial charge is 0.327 e. The molecule has 1 rings (SSSR count). The van der Waals surface area contributed by atoms with Gasteiger partial charge in [-0.3, -0.25) is 0 Å². The fourth-order valence-corrected chi connectivity index (χ4v) is 2.01. The van der Waals surface area contributed by atoms with Crippen molar-refractivity contribution in [3.63, 3.8) is 0 Å². The monoisotopic (exact) mass is 181 g/mol. The van der Waals surface area contributed by atoms with Crippen LogP contribution in [0.15, 0.2) is 12.7 Å². The van der Waals surface area contributed by atoms with E-state index in [0.29, 0.717) is 6.04 Å². The van der Waals surface area contributed by atoms with Crippen molar-refractivity contribution in [1.82, 2.24) is 0 Å². The lowest BCUT2D eigenvalue weighted by Crippen LogP contribution is -2.22. The van der Waals surface area contributed by atoms with Crippen LogP contribution in [0.3, 0.4) is 0 Å². The molecule has 0 bridgehead atoms. The number of hydrogen-bond acceptors (Lipinski definition) is 1. The standard InChI is InChI=1S/C12H23N/c1-3-4-5-6-7-8-12(13)11-9-10(11)2/h3,10-12H,1,4-9,13H2,2H3. The summed E-state index contributed by atoms with van der Waals surface area (Å²) >= 11 is 0. The van der Waals surface area contributed by atoms with Gasteiger partial charge in [-0.25, -0.2) is 0 Å². The molecule has 0 aromatic rings. The van der Waals surface area contributed by atoms with Crippen LogP contribution in [-0.4, -0.2) is 6.04 Å². The second-order valence-corrected chi connectivity index (χ2v) is 4.47. The minimum Gasteiger partial charge on any atom is -0.327 e. The summed E-state index contributed by atoms with van der Waals surface area (Å²) in [6, 6.07) is 0.485. The first kappa shape index (κ1) is 10.8. The minimum absolute atomic E-state index is 0.485. The summed E-state index contributed by atoms with van der Waals surface area (Å²) in [4.78, 5) is 0. The van der Waals surface area contributed by atoms with Crippen LogP contribution in [0.25, 0.3) is 0 Å². The molecule has 1 saturated carbocycles. The number of allylic oxidation sites excluding steroid dienone is 1. The van der Waals surface area contributed by atoms with Crippen LogP contribution < -0.4 is 5.73 Å². The number of nitrogens with two attached hydrogens (primary N) is 1. The van der Waals surface area contributed by atoms with Gasteiger partial charge in [0, 0.05) is 6.04 Å². The van der Waals surface area contributed by atoms with E-state index < -0.39 is 0 Å². The van der Waals surface area contributed by atoms with Gasteiger partial charge >= 0.3 is 0 Å². The van der Waals surface area contributed by atoms with Crippen LogP contribution in [0, 0.1) is 11.8 Å². The van der Waals surface area contributed by atoms with Gasteiger partial charge in [0.2, 0.25) is 0 Å². The fraction of sp³-hybridized carbons (Fsp3) is 0.833. The van der Waals surface area contributed by atoms with E-state index in [1.807, 2.05) is 6.08 Å². The van der Waals surface area contributed by atoms with E-state index >= 15 is 0 Å². The van der Waals surface area contributed by atoms with Gasteiger partial charge in [-0.05, 0) is 37.5 Å². The molecule has 1 nitrogen and oxygen atoms in total. The molecule has 2 N–H and O–H groups in total. The van der Waals surface area contributed by atoms with Crippen LogP contribution in [0.1, 0.15) is 45.4 Å². The second kappa shape index (κ2) is 5.43. The lowest BCUT2D eigenvalue weighted by atomic mass is 10.0. The van der Waals surface area contributed by atoms with Crippen molar-refractivity contribution < 1.29 is 0 Å². The number of rotatable bonds is 7. The zero-order valence-corrected chi connectivity index (χ0v) is 8.84. The molecule has 0 saturated heterocycles. The summed E-state index contributed by atoms with van der Waals surface area (Å²) in [6.45, 7) is 6.02.